The Morgan fingerprint density at radius 1 is 1.26 bits per heavy atom. The lowest BCUT2D eigenvalue weighted by Gasteiger charge is -2.25. The lowest BCUT2D eigenvalue weighted by Crippen LogP contribution is -2.23. The van der Waals surface area contributed by atoms with Gasteiger partial charge in [-0.3, -0.25) is 0 Å². The van der Waals surface area contributed by atoms with E-state index in [9.17, 15) is 0 Å². The lowest BCUT2D eigenvalue weighted by atomic mass is 10.00. The van der Waals surface area contributed by atoms with Crippen molar-refractivity contribution in [1.82, 2.24) is 9.97 Å². The molecule has 0 bridgehead atoms. The molecule has 0 radical (unpaired) electrons. The quantitative estimate of drug-likeness (QED) is 0.803. The molecular weight excluding hydrogens is 264 g/mol. The van der Waals surface area contributed by atoms with Crippen LogP contribution < -0.4 is 4.74 Å². The van der Waals surface area contributed by atoms with Crippen molar-refractivity contribution >= 4 is 22.5 Å². The fourth-order valence-corrected chi connectivity index (χ4v) is 2.27. The SMILES string of the molecule is CCOC(C)(C)c1nc(Cl)nc2cc(OC)ccc12. The summed E-state index contributed by atoms with van der Waals surface area (Å²) in [5.41, 5.74) is 1.02. The van der Waals surface area contributed by atoms with Crippen molar-refractivity contribution in [1.29, 1.82) is 0 Å². The van der Waals surface area contributed by atoms with Crippen LogP contribution in [-0.4, -0.2) is 23.7 Å². The van der Waals surface area contributed by atoms with Crippen LogP contribution in [0.4, 0.5) is 0 Å². The second kappa shape index (κ2) is 5.31. The topological polar surface area (TPSA) is 44.2 Å². The van der Waals surface area contributed by atoms with Gasteiger partial charge in [-0.25, -0.2) is 9.97 Å². The zero-order valence-corrected chi connectivity index (χ0v) is 12.3. The summed E-state index contributed by atoms with van der Waals surface area (Å²) in [7, 11) is 1.62. The van der Waals surface area contributed by atoms with Gasteiger partial charge in [0.2, 0.25) is 5.28 Å². The number of fused-ring (bicyclic) bond motifs is 1. The molecule has 0 atom stereocenters. The predicted molar refractivity (Wildman–Crippen MR) is 75.8 cm³/mol. The molecule has 4 nitrogen and oxygen atoms in total. The van der Waals surface area contributed by atoms with Gasteiger partial charge in [0.25, 0.3) is 0 Å². The van der Waals surface area contributed by atoms with Gasteiger partial charge in [-0.05, 0) is 44.5 Å². The maximum absolute atomic E-state index is 6.01. The second-order valence-electron chi connectivity index (χ2n) is 4.67. The summed E-state index contributed by atoms with van der Waals surface area (Å²) in [6, 6.07) is 5.65. The molecule has 2 aromatic rings. The first-order valence-electron chi connectivity index (χ1n) is 6.13. The Bertz CT molecular complexity index is 599. The third-order valence-corrected chi connectivity index (χ3v) is 3.12. The van der Waals surface area contributed by atoms with E-state index < -0.39 is 5.60 Å². The number of nitrogens with zero attached hydrogens (tertiary/aromatic N) is 2. The Morgan fingerprint density at radius 2 is 2.00 bits per heavy atom. The second-order valence-corrected chi connectivity index (χ2v) is 5.01. The Morgan fingerprint density at radius 3 is 2.63 bits per heavy atom. The third kappa shape index (κ3) is 2.80. The number of hydrogen-bond acceptors (Lipinski definition) is 4. The van der Waals surface area contributed by atoms with Crippen molar-refractivity contribution in [2.75, 3.05) is 13.7 Å². The molecule has 5 heteroatoms. The largest absolute Gasteiger partial charge is 0.497 e. The summed E-state index contributed by atoms with van der Waals surface area (Å²) >= 11 is 6.01. The Hall–Kier alpha value is -1.39. The van der Waals surface area contributed by atoms with Crippen LogP contribution in [0.15, 0.2) is 18.2 Å². The normalized spacial score (nSPS) is 11.8. The van der Waals surface area contributed by atoms with Crippen molar-refractivity contribution in [2.24, 2.45) is 0 Å². The van der Waals surface area contributed by atoms with E-state index in [1.807, 2.05) is 39.0 Å². The van der Waals surface area contributed by atoms with Crippen molar-refractivity contribution in [3.05, 3.63) is 29.2 Å². The molecule has 102 valence electrons. The predicted octanol–water partition coefficient (Wildman–Crippen LogP) is 3.56. The maximum Gasteiger partial charge on any atom is 0.223 e. The minimum Gasteiger partial charge on any atom is -0.497 e. The monoisotopic (exact) mass is 280 g/mol. The molecule has 2 rings (SSSR count). The average Bonchev–Trinajstić information content (AvgIpc) is 2.36. The van der Waals surface area contributed by atoms with E-state index in [1.165, 1.54) is 0 Å². The number of rotatable bonds is 4. The molecule has 0 aliphatic heterocycles. The fourth-order valence-electron chi connectivity index (χ4n) is 2.10. The van der Waals surface area contributed by atoms with Crippen molar-refractivity contribution in [3.63, 3.8) is 0 Å². The van der Waals surface area contributed by atoms with Gasteiger partial charge < -0.3 is 9.47 Å². The number of benzene rings is 1. The maximum atomic E-state index is 6.01. The summed E-state index contributed by atoms with van der Waals surface area (Å²) in [6.07, 6.45) is 0. The van der Waals surface area contributed by atoms with Crippen LogP contribution in [0.2, 0.25) is 5.28 Å². The van der Waals surface area contributed by atoms with E-state index in [0.29, 0.717) is 6.61 Å². The Balaban J connectivity index is 2.67. The number of aromatic nitrogens is 2. The van der Waals surface area contributed by atoms with Gasteiger partial charge in [0.1, 0.15) is 11.4 Å². The van der Waals surface area contributed by atoms with Crippen molar-refractivity contribution in [2.45, 2.75) is 26.4 Å². The highest BCUT2D eigenvalue weighted by Crippen LogP contribution is 2.31. The minimum atomic E-state index is -0.520. The average molecular weight is 281 g/mol. The summed E-state index contributed by atoms with van der Waals surface area (Å²) in [6.45, 7) is 6.50. The van der Waals surface area contributed by atoms with Gasteiger partial charge in [0, 0.05) is 18.1 Å². The van der Waals surface area contributed by atoms with Crippen LogP contribution >= 0.6 is 11.6 Å². The van der Waals surface area contributed by atoms with Crippen LogP contribution in [0.25, 0.3) is 10.9 Å². The number of halogens is 1. The van der Waals surface area contributed by atoms with Crippen LogP contribution in [0.5, 0.6) is 5.75 Å². The molecule has 0 saturated carbocycles. The molecule has 0 spiro atoms. The zero-order valence-electron chi connectivity index (χ0n) is 11.5. The van der Waals surface area contributed by atoms with Gasteiger partial charge in [-0.15, -0.1) is 0 Å². The Labute approximate surface area is 117 Å². The van der Waals surface area contributed by atoms with Crippen LogP contribution in [0, 0.1) is 0 Å². The van der Waals surface area contributed by atoms with Crippen LogP contribution in [0.3, 0.4) is 0 Å². The molecule has 0 saturated heterocycles. The van der Waals surface area contributed by atoms with Gasteiger partial charge in [0.15, 0.2) is 0 Å². The standard InChI is InChI=1S/C14H17ClN2O2/c1-5-19-14(2,3)12-10-7-6-9(18-4)8-11(10)16-13(15)17-12/h6-8H,5H2,1-4H3. The molecule has 0 fully saturated rings. The van der Waals surface area contributed by atoms with E-state index in [1.54, 1.807) is 7.11 Å². The summed E-state index contributed by atoms with van der Waals surface area (Å²) < 4.78 is 11.0. The fraction of sp³-hybridized carbons (Fsp3) is 0.429. The highest BCUT2D eigenvalue weighted by atomic mass is 35.5. The van der Waals surface area contributed by atoms with Gasteiger partial charge >= 0.3 is 0 Å². The molecule has 0 aliphatic rings. The third-order valence-electron chi connectivity index (χ3n) is 2.95. The zero-order chi connectivity index (χ0) is 14.0. The molecule has 0 unspecified atom stereocenters. The van der Waals surface area contributed by atoms with E-state index in [-0.39, 0.29) is 5.28 Å². The number of methoxy groups -OCH3 is 1. The van der Waals surface area contributed by atoms with Gasteiger partial charge in [-0.1, -0.05) is 0 Å². The van der Waals surface area contributed by atoms with E-state index in [0.717, 1.165) is 22.3 Å². The number of hydrogen-bond donors (Lipinski definition) is 0. The van der Waals surface area contributed by atoms with Crippen LogP contribution in [0.1, 0.15) is 26.5 Å². The number of ether oxygens (including phenoxy) is 2. The molecular formula is C14H17ClN2O2. The van der Waals surface area contributed by atoms with Gasteiger partial charge in [0.05, 0.1) is 18.3 Å². The lowest BCUT2D eigenvalue weighted by molar-refractivity contribution is -0.0161. The molecule has 0 aliphatic carbocycles. The van der Waals surface area contributed by atoms with E-state index in [2.05, 4.69) is 9.97 Å². The summed E-state index contributed by atoms with van der Waals surface area (Å²) in [5, 5.41) is 1.13. The molecule has 0 amide bonds. The molecule has 1 aromatic heterocycles. The molecule has 1 heterocycles. The van der Waals surface area contributed by atoms with Crippen molar-refractivity contribution < 1.29 is 9.47 Å². The minimum absolute atomic E-state index is 0.212. The molecule has 0 N–H and O–H groups in total. The van der Waals surface area contributed by atoms with E-state index >= 15 is 0 Å². The Kier molecular flexibility index (Phi) is 3.92. The molecule has 19 heavy (non-hydrogen) atoms. The summed E-state index contributed by atoms with van der Waals surface area (Å²) in [4.78, 5) is 8.57. The van der Waals surface area contributed by atoms with Gasteiger partial charge in [-0.2, -0.15) is 0 Å². The highest BCUT2D eigenvalue weighted by molar-refractivity contribution is 6.28. The van der Waals surface area contributed by atoms with Crippen molar-refractivity contribution in [3.8, 4) is 5.75 Å². The molecule has 1 aromatic carbocycles. The first-order valence-corrected chi connectivity index (χ1v) is 6.51. The van der Waals surface area contributed by atoms with E-state index in [4.69, 9.17) is 21.1 Å². The van der Waals surface area contributed by atoms with Crippen LogP contribution in [-0.2, 0) is 10.3 Å². The summed E-state index contributed by atoms with van der Waals surface area (Å²) in [5.74, 6) is 0.738. The first kappa shape index (κ1) is 14.0. The first-order chi connectivity index (χ1) is 8.97. The highest BCUT2D eigenvalue weighted by Gasteiger charge is 2.26. The smallest absolute Gasteiger partial charge is 0.223 e.